The number of nitrogens with zero attached hydrogens (tertiary/aromatic N) is 2. The molecule has 0 aliphatic heterocycles. The minimum atomic E-state index is 1.08. The minimum absolute atomic E-state index is 1.08. The standard InChI is InChI=1S/C60H40N2S/c1-4-18-41(19-5-1)47-24-10-11-27-52(47)59-48(42-20-6-2-7-21-42)28-17-32-57(59)61(45-36-34-43(35-37-45)49-29-16-30-53-51-26-13-15-33-58(51)63-60(49)53)46-38-39-56-54(40-46)50-25-12-14-31-55(50)62(56)44-22-8-3-9-23-44/h1-40H. The molecular formula is C60H40N2S. The Morgan fingerprint density at radius 3 is 1.65 bits per heavy atom. The largest absolute Gasteiger partial charge is 0.310 e. The SMILES string of the molecule is c1ccc(-c2ccccc2-c2c(-c3ccccc3)cccc2N(c2ccc(-c3cccc4c3sc3ccccc34)cc2)c2ccc3c(c2)c2ccccc2n3-c2ccccc2)cc1. The quantitative estimate of drug-likeness (QED) is 0.148. The molecule has 0 saturated heterocycles. The van der Waals surface area contributed by atoms with E-state index in [0.29, 0.717) is 0 Å². The molecular weight excluding hydrogens is 781 g/mol. The van der Waals surface area contributed by atoms with Gasteiger partial charge in [-0.05, 0) is 99.6 Å². The first-order valence-electron chi connectivity index (χ1n) is 21.5. The Labute approximate surface area is 370 Å². The Morgan fingerprint density at radius 1 is 0.333 bits per heavy atom. The number of aromatic nitrogens is 1. The van der Waals surface area contributed by atoms with Crippen LogP contribution in [0.1, 0.15) is 0 Å². The van der Waals surface area contributed by atoms with Gasteiger partial charge in [-0.2, -0.15) is 0 Å². The molecule has 0 aliphatic rings. The van der Waals surface area contributed by atoms with Crippen molar-refractivity contribution >= 4 is 70.4 Å². The van der Waals surface area contributed by atoms with Crippen LogP contribution in [0.25, 0.3) is 92.2 Å². The molecule has 12 rings (SSSR count). The molecule has 296 valence electrons. The molecule has 0 saturated carbocycles. The van der Waals surface area contributed by atoms with Crippen LogP contribution in [0.15, 0.2) is 243 Å². The summed E-state index contributed by atoms with van der Waals surface area (Å²) < 4.78 is 5.02. The molecule has 2 aromatic heterocycles. The Morgan fingerprint density at radius 2 is 0.873 bits per heavy atom. The van der Waals surface area contributed by atoms with E-state index in [1.54, 1.807) is 0 Å². The van der Waals surface area contributed by atoms with Gasteiger partial charge < -0.3 is 9.47 Å². The zero-order valence-corrected chi connectivity index (χ0v) is 35.2. The number of hydrogen-bond acceptors (Lipinski definition) is 2. The van der Waals surface area contributed by atoms with Gasteiger partial charge in [0.2, 0.25) is 0 Å². The number of rotatable bonds is 8. The molecule has 2 heterocycles. The monoisotopic (exact) mass is 820 g/mol. The topological polar surface area (TPSA) is 8.17 Å². The maximum Gasteiger partial charge on any atom is 0.0546 e. The second-order valence-corrected chi connectivity index (χ2v) is 17.1. The van der Waals surface area contributed by atoms with E-state index < -0.39 is 0 Å². The van der Waals surface area contributed by atoms with Crippen LogP contribution in [0, 0.1) is 0 Å². The van der Waals surface area contributed by atoms with E-state index in [0.717, 1.165) is 22.7 Å². The third-order valence-electron chi connectivity index (χ3n) is 12.4. The lowest BCUT2D eigenvalue weighted by Gasteiger charge is -2.30. The fourth-order valence-electron chi connectivity index (χ4n) is 9.59. The van der Waals surface area contributed by atoms with Crippen LogP contribution >= 0.6 is 11.3 Å². The van der Waals surface area contributed by atoms with Crippen molar-refractivity contribution in [2.75, 3.05) is 4.90 Å². The predicted octanol–water partition coefficient (Wildman–Crippen LogP) is 17.3. The van der Waals surface area contributed by atoms with E-state index in [4.69, 9.17) is 0 Å². The van der Waals surface area contributed by atoms with Crippen LogP contribution in [0.2, 0.25) is 0 Å². The zero-order valence-electron chi connectivity index (χ0n) is 34.4. The van der Waals surface area contributed by atoms with Gasteiger partial charge in [0.05, 0.1) is 16.7 Å². The number of fused-ring (bicyclic) bond motifs is 6. The molecule has 0 amide bonds. The van der Waals surface area contributed by atoms with Crippen LogP contribution in [0.5, 0.6) is 0 Å². The predicted molar refractivity (Wildman–Crippen MR) is 270 cm³/mol. The van der Waals surface area contributed by atoms with Crippen molar-refractivity contribution in [2.45, 2.75) is 0 Å². The van der Waals surface area contributed by atoms with Crippen molar-refractivity contribution < 1.29 is 0 Å². The van der Waals surface area contributed by atoms with Gasteiger partial charge in [-0.1, -0.05) is 182 Å². The number of thiophene rings is 1. The zero-order chi connectivity index (χ0) is 41.7. The molecule has 12 aromatic rings. The molecule has 0 fully saturated rings. The summed E-state index contributed by atoms with van der Waals surface area (Å²) >= 11 is 1.88. The third-order valence-corrected chi connectivity index (χ3v) is 13.6. The lowest BCUT2D eigenvalue weighted by atomic mass is 9.87. The second-order valence-electron chi connectivity index (χ2n) is 16.0. The van der Waals surface area contributed by atoms with Crippen molar-refractivity contribution in [1.29, 1.82) is 0 Å². The molecule has 3 heteroatoms. The first kappa shape index (κ1) is 36.8. The highest BCUT2D eigenvalue weighted by Gasteiger charge is 2.24. The highest BCUT2D eigenvalue weighted by molar-refractivity contribution is 7.26. The maximum absolute atomic E-state index is 2.47. The molecule has 0 spiro atoms. The lowest BCUT2D eigenvalue weighted by molar-refractivity contribution is 1.18. The molecule has 2 nitrogen and oxygen atoms in total. The van der Waals surface area contributed by atoms with Gasteiger partial charge in [0.1, 0.15) is 0 Å². The van der Waals surface area contributed by atoms with E-state index in [-0.39, 0.29) is 0 Å². The molecule has 0 aliphatic carbocycles. The van der Waals surface area contributed by atoms with Gasteiger partial charge in [-0.25, -0.2) is 0 Å². The first-order valence-corrected chi connectivity index (χ1v) is 22.3. The van der Waals surface area contributed by atoms with Crippen LogP contribution in [-0.4, -0.2) is 4.57 Å². The van der Waals surface area contributed by atoms with Crippen LogP contribution in [-0.2, 0) is 0 Å². The summed E-state index contributed by atoms with van der Waals surface area (Å²) in [4.78, 5) is 2.47. The summed E-state index contributed by atoms with van der Waals surface area (Å²) in [5.74, 6) is 0. The van der Waals surface area contributed by atoms with Gasteiger partial charge >= 0.3 is 0 Å². The third kappa shape index (κ3) is 6.33. The van der Waals surface area contributed by atoms with Crippen LogP contribution in [0.3, 0.4) is 0 Å². The summed E-state index contributed by atoms with van der Waals surface area (Å²) in [7, 11) is 0. The molecule has 63 heavy (non-hydrogen) atoms. The van der Waals surface area contributed by atoms with Gasteiger partial charge in [-0.15, -0.1) is 11.3 Å². The normalized spacial score (nSPS) is 11.5. The second kappa shape index (κ2) is 15.5. The molecule has 0 bridgehead atoms. The average molecular weight is 821 g/mol. The fraction of sp³-hybridized carbons (Fsp3) is 0. The molecule has 10 aromatic carbocycles. The van der Waals surface area contributed by atoms with E-state index in [9.17, 15) is 0 Å². The Bertz CT molecular complexity index is 3600. The fourth-order valence-corrected chi connectivity index (χ4v) is 10.8. The lowest BCUT2D eigenvalue weighted by Crippen LogP contribution is -2.12. The van der Waals surface area contributed by atoms with Crippen LogP contribution < -0.4 is 4.90 Å². The summed E-state index contributed by atoms with van der Waals surface area (Å²) in [6.07, 6.45) is 0. The number of benzene rings is 10. The molecule has 0 unspecified atom stereocenters. The number of hydrogen-bond donors (Lipinski definition) is 0. The van der Waals surface area contributed by atoms with Gasteiger partial charge in [0.15, 0.2) is 0 Å². The van der Waals surface area contributed by atoms with Crippen molar-refractivity contribution in [3.8, 4) is 50.2 Å². The van der Waals surface area contributed by atoms with Crippen molar-refractivity contribution in [3.05, 3.63) is 243 Å². The highest BCUT2D eigenvalue weighted by Crippen LogP contribution is 2.49. The van der Waals surface area contributed by atoms with Gasteiger partial charge in [0, 0.05) is 53.6 Å². The maximum atomic E-state index is 2.47. The summed E-state index contributed by atoms with van der Waals surface area (Å²) in [5.41, 5.74) is 16.3. The van der Waals surface area contributed by atoms with Crippen molar-refractivity contribution in [2.24, 2.45) is 0 Å². The van der Waals surface area contributed by atoms with E-state index >= 15 is 0 Å². The van der Waals surface area contributed by atoms with E-state index in [2.05, 4.69) is 252 Å². The first-order chi connectivity index (χ1) is 31.3. The average Bonchev–Trinajstić information content (AvgIpc) is 3.91. The van der Waals surface area contributed by atoms with Crippen LogP contribution in [0.4, 0.5) is 17.1 Å². The highest BCUT2D eigenvalue weighted by atomic mass is 32.1. The Balaban J connectivity index is 1.12. The van der Waals surface area contributed by atoms with Crippen molar-refractivity contribution in [3.63, 3.8) is 0 Å². The summed E-state index contributed by atoms with van der Waals surface area (Å²) in [5, 5.41) is 5.04. The van der Waals surface area contributed by atoms with Gasteiger partial charge in [0.25, 0.3) is 0 Å². The smallest absolute Gasteiger partial charge is 0.0546 e. The molecule has 0 radical (unpaired) electrons. The Kier molecular flexibility index (Phi) is 9.06. The van der Waals surface area contributed by atoms with E-state index in [1.807, 2.05) is 11.3 Å². The summed E-state index contributed by atoms with van der Waals surface area (Å²) in [6, 6.07) is 88.5. The van der Waals surface area contributed by atoms with Crippen molar-refractivity contribution in [1.82, 2.24) is 4.57 Å². The minimum Gasteiger partial charge on any atom is -0.310 e. The van der Waals surface area contributed by atoms with Gasteiger partial charge in [-0.3, -0.25) is 0 Å². The number of anilines is 3. The van der Waals surface area contributed by atoms with E-state index in [1.165, 1.54) is 86.5 Å². The molecule has 0 atom stereocenters. The summed E-state index contributed by atoms with van der Waals surface area (Å²) in [6.45, 7) is 0. The Hall–Kier alpha value is -7.98. The molecule has 0 N–H and O–H groups in total. The number of para-hydroxylation sites is 2.